The van der Waals surface area contributed by atoms with E-state index in [9.17, 15) is 13.2 Å². The Balaban J connectivity index is 2.05. The number of benzene rings is 2. The fourth-order valence-corrected chi connectivity index (χ4v) is 4.15. The molecule has 0 saturated heterocycles. The number of carbonyl (C=O) groups is 1. The molecule has 1 amide bonds. The lowest BCUT2D eigenvalue weighted by molar-refractivity contribution is -0.118. The number of hydrogen-bond donors (Lipinski definition) is 1. The highest BCUT2D eigenvalue weighted by Gasteiger charge is 2.21. The largest absolute Gasteiger partial charge is 0.484 e. The molecule has 0 heterocycles. The molecule has 0 fully saturated rings. The van der Waals surface area contributed by atoms with E-state index >= 15 is 0 Å². The predicted octanol–water partition coefficient (Wildman–Crippen LogP) is 4.04. The van der Waals surface area contributed by atoms with Crippen molar-refractivity contribution in [2.24, 2.45) is 0 Å². The van der Waals surface area contributed by atoms with Gasteiger partial charge in [0.15, 0.2) is 6.61 Å². The van der Waals surface area contributed by atoms with Gasteiger partial charge in [-0.2, -0.15) is 4.31 Å². The Bertz CT molecular complexity index is 915. The van der Waals surface area contributed by atoms with Crippen LogP contribution in [0.4, 0.5) is 5.69 Å². The summed E-state index contributed by atoms with van der Waals surface area (Å²) in [5.41, 5.74) is 0.367. The summed E-state index contributed by atoms with van der Waals surface area (Å²) < 4.78 is 31.8. The van der Waals surface area contributed by atoms with Crippen molar-refractivity contribution in [3.63, 3.8) is 0 Å². The molecule has 27 heavy (non-hydrogen) atoms. The molecule has 6 nitrogen and oxygen atoms in total. The molecular weight excluding hydrogens is 411 g/mol. The Morgan fingerprint density at radius 1 is 1.07 bits per heavy atom. The highest BCUT2D eigenvalue weighted by molar-refractivity contribution is 7.89. The highest BCUT2D eigenvalue weighted by Crippen LogP contribution is 2.26. The van der Waals surface area contributed by atoms with Gasteiger partial charge >= 0.3 is 0 Å². The van der Waals surface area contributed by atoms with Crippen LogP contribution in [-0.4, -0.2) is 38.3 Å². The van der Waals surface area contributed by atoms with E-state index in [-0.39, 0.29) is 11.5 Å². The van der Waals surface area contributed by atoms with E-state index in [4.69, 9.17) is 27.9 Å². The number of carbonyl (C=O) groups excluding carboxylic acids is 1. The van der Waals surface area contributed by atoms with Crippen LogP contribution in [0.5, 0.6) is 5.75 Å². The average Bonchev–Trinajstić information content (AvgIpc) is 2.64. The second kappa shape index (κ2) is 9.41. The summed E-state index contributed by atoms with van der Waals surface area (Å²) in [5, 5.41) is 3.33. The maximum atomic E-state index is 12.6. The van der Waals surface area contributed by atoms with Crippen LogP contribution in [0.1, 0.15) is 13.8 Å². The molecule has 146 valence electrons. The number of rotatable bonds is 8. The molecule has 0 radical (unpaired) electrons. The maximum absolute atomic E-state index is 12.6. The first-order valence-electron chi connectivity index (χ1n) is 8.25. The Kier molecular flexibility index (Phi) is 7.49. The van der Waals surface area contributed by atoms with Crippen molar-refractivity contribution < 1.29 is 17.9 Å². The Hall–Kier alpha value is -1.80. The summed E-state index contributed by atoms with van der Waals surface area (Å²) in [6.07, 6.45) is 0. The van der Waals surface area contributed by atoms with E-state index < -0.39 is 15.9 Å². The second-order valence-electron chi connectivity index (χ2n) is 5.53. The van der Waals surface area contributed by atoms with Gasteiger partial charge in [0.25, 0.3) is 5.91 Å². The van der Waals surface area contributed by atoms with Crippen LogP contribution in [-0.2, 0) is 14.8 Å². The second-order valence-corrected chi connectivity index (χ2v) is 8.28. The minimum Gasteiger partial charge on any atom is -0.484 e. The number of anilines is 1. The quantitative estimate of drug-likeness (QED) is 0.685. The van der Waals surface area contributed by atoms with Crippen LogP contribution in [0.2, 0.25) is 10.0 Å². The van der Waals surface area contributed by atoms with E-state index in [0.717, 1.165) is 0 Å². The topological polar surface area (TPSA) is 75.7 Å². The van der Waals surface area contributed by atoms with Gasteiger partial charge in [-0.15, -0.1) is 0 Å². The summed E-state index contributed by atoms with van der Waals surface area (Å²) in [6.45, 7) is 4.02. The first-order chi connectivity index (χ1) is 12.8. The van der Waals surface area contributed by atoms with E-state index in [2.05, 4.69) is 5.32 Å². The molecule has 1 N–H and O–H groups in total. The number of hydrogen-bond acceptors (Lipinski definition) is 4. The molecule has 0 unspecified atom stereocenters. The third kappa shape index (κ3) is 5.59. The number of ether oxygens (including phenoxy) is 1. The van der Waals surface area contributed by atoms with Gasteiger partial charge in [0.05, 0.1) is 14.9 Å². The maximum Gasteiger partial charge on any atom is 0.262 e. The zero-order valence-electron chi connectivity index (χ0n) is 14.9. The molecule has 0 atom stereocenters. The van der Waals surface area contributed by atoms with Gasteiger partial charge in [0, 0.05) is 24.8 Å². The summed E-state index contributed by atoms with van der Waals surface area (Å²) in [4.78, 5) is 12.2. The Morgan fingerprint density at radius 2 is 1.78 bits per heavy atom. The number of halogens is 2. The van der Waals surface area contributed by atoms with Gasteiger partial charge in [-0.3, -0.25) is 4.79 Å². The standard InChI is InChI=1S/C18H20Cl2N2O4S/c1-3-22(4-2)27(24,25)15-7-5-6-13(10-15)21-18(23)12-26-14-8-9-16(19)17(20)11-14/h5-11H,3-4,12H2,1-2H3,(H,21,23). The van der Waals surface area contributed by atoms with Gasteiger partial charge in [-0.05, 0) is 30.3 Å². The van der Waals surface area contributed by atoms with Crippen molar-refractivity contribution in [1.82, 2.24) is 4.31 Å². The lowest BCUT2D eigenvalue weighted by Gasteiger charge is -2.18. The van der Waals surface area contributed by atoms with Gasteiger partial charge in [-0.25, -0.2) is 8.42 Å². The number of nitrogens with zero attached hydrogens (tertiary/aromatic N) is 1. The molecule has 0 aliphatic heterocycles. The van der Waals surface area contributed by atoms with Crippen molar-refractivity contribution in [3.05, 3.63) is 52.5 Å². The van der Waals surface area contributed by atoms with Crippen molar-refractivity contribution >= 4 is 44.8 Å². The average molecular weight is 431 g/mol. The molecule has 0 bridgehead atoms. The van der Waals surface area contributed by atoms with Gasteiger partial charge < -0.3 is 10.1 Å². The van der Waals surface area contributed by atoms with Crippen LogP contribution in [0, 0.1) is 0 Å². The number of sulfonamides is 1. The summed E-state index contributed by atoms with van der Waals surface area (Å²) >= 11 is 11.7. The molecule has 2 aromatic carbocycles. The van der Waals surface area contributed by atoms with Crippen LogP contribution in [0.25, 0.3) is 0 Å². The van der Waals surface area contributed by atoms with Crippen molar-refractivity contribution in [3.8, 4) is 5.75 Å². The van der Waals surface area contributed by atoms with E-state index in [1.54, 1.807) is 38.1 Å². The zero-order chi connectivity index (χ0) is 20.0. The lowest BCUT2D eigenvalue weighted by atomic mass is 10.3. The molecule has 0 spiro atoms. The van der Waals surface area contributed by atoms with E-state index in [0.29, 0.717) is 34.6 Å². The molecule has 9 heteroatoms. The summed E-state index contributed by atoms with van der Waals surface area (Å²) in [7, 11) is -3.60. The molecule has 0 aliphatic rings. The Morgan fingerprint density at radius 3 is 2.41 bits per heavy atom. The normalized spacial score (nSPS) is 11.4. The SMILES string of the molecule is CCN(CC)S(=O)(=O)c1cccc(NC(=O)COc2ccc(Cl)c(Cl)c2)c1. The molecule has 0 saturated carbocycles. The summed E-state index contributed by atoms with van der Waals surface area (Å²) in [5.74, 6) is -0.0316. The van der Waals surface area contributed by atoms with Crippen molar-refractivity contribution in [2.75, 3.05) is 25.0 Å². The van der Waals surface area contributed by atoms with E-state index in [1.807, 2.05) is 0 Å². The van der Waals surface area contributed by atoms with Crippen molar-refractivity contribution in [1.29, 1.82) is 0 Å². The van der Waals surface area contributed by atoms with Crippen LogP contribution < -0.4 is 10.1 Å². The Labute approximate surface area is 169 Å². The first kappa shape index (κ1) is 21.5. The van der Waals surface area contributed by atoms with Crippen LogP contribution >= 0.6 is 23.2 Å². The number of amides is 1. The van der Waals surface area contributed by atoms with Gasteiger partial charge in [0.2, 0.25) is 10.0 Å². The molecule has 2 aromatic rings. The zero-order valence-corrected chi connectivity index (χ0v) is 17.2. The monoisotopic (exact) mass is 430 g/mol. The van der Waals surface area contributed by atoms with Gasteiger partial charge in [0.1, 0.15) is 5.75 Å². The highest BCUT2D eigenvalue weighted by atomic mass is 35.5. The molecule has 2 rings (SSSR count). The first-order valence-corrected chi connectivity index (χ1v) is 10.5. The summed E-state index contributed by atoms with van der Waals surface area (Å²) in [6, 6.07) is 10.8. The minimum absolute atomic E-state index is 0.120. The fourth-order valence-electron chi connectivity index (χ4n) is 2.36. The van der Waals surface area contributed by atoms with Crippen molar-refractivity contribution in [2.45, 2.75) is 18.7 Å². The van der Waals surface area contributed by atoms with Gasteiger partial charge in [-0.1, -0.05) is 43.1 Å². The van der Waals surface area contributed by atoms with Crippen LogP contribution in [0.3, 0.4) is 0 Å². The molecule has 0 aromatic heterocycles. The van der Waals surface area contributed by atoms with E-state index in [1.165, 1.54) is 22.5 Å². The smallest absolute Gasteiger partial charge is 0.262 e. The predicted molar refractivity (Wildman–Crippen MR) is 107 cm³/mol. The lowest BCUT2D eigenvalue weighted by Crippen LogP contribution is -2.30. The molecular formula is C18H20Cl2N2O4S. The fraction of sp³-hybridized carbons (Fsp3) is 0.278. The number of nitrogens with one attached hydrogen (secondary N) is 1. The van der Waals surface area contributed by atoms with Crippen LogP contribution in [0.15, 0.2) is 47.4 Å². The minimum atomic E-state index is -3.60. The third-order valence-corrected chi connectivity index (χ3v) is 6.51. The molecule has 0 aliphatic carbocycles. The third-order valence-electron chi connectivity index (χ3n) is 3.72.